The summed E-state index contributed by atoms with van der Waals surface area (Å²) in [5, 5.41) is 2.71. The quantitative estimate of drug-likeness (QED) is 0.669. The molecular weight excluding hydrogens is 267 g/mol. The number of aryl methyl sites for hydroxylation is 1. The fourth-order valence-electron chi connectivity index (χ4n) is 1.77. The molecule has 0 saturated carbocycles. The van der Waals surface area contributed by atoms with Crippen LogP contribution in [0.4, 0.5) is 10.1 Å². The first-order valence-corrected chi connectivity index (χ1v) is 6.61. The first kappa shape index (κ1) is 14.8. The smallest absolute Gasteiger partial charge is 0.244 e. The van der Waals surface area contributed by atoms with Gasteiger partial charge in [-0.1, -0.05) is 24.3 Å². The lowest BCUT2D eigenvalue weighted by Gasteiger charge is -2.04. The minimum absolute atomic E-state index is 0.229. The zero-order valence-electron chi connectivity index (χ0n) is 11.8. The highest BCUT2D eigenvalue weighted by Gasteiger charge is 2.01. The normalized spacial score (nSPS) is 10.8. The van der Waals surface area contributed by atoms with E-state index in [0.29, 0.717) is 17.8 Å². The number of amides is 1. The van der Waals surface area contributed by atoms with Gasteiger partial charge in [-0.05, 0) is 47.9 Å². The third-order valence-corrected chi connectivity index (χ3v) is 3.07. The lowest BCUT2D eigenvalue weighted by atomic mass is 10.1. The second-order valence-corrected chi connectivity index (χ2v) is 4.80. The van der Waals surface area contributed by atoms with E-state index in [2.05, 4.69) is 5.32 Å². The van der Waals surface area contributed by atoms with E-state index in [9.17, 15) is 9.18 Å². The van der Waals surface area contributed by atoms with Gasteiger partial charge in [0.1, 0.15) is 5.82 Å². The summed E-state index contributed by atoms with van der Waals surface area (Å²) in [6.45, 7) is 2.00. The molecule has 0 unspecified atom stereocenters. The van der Waals surface area contributed by atoms with Crippen molar-refractivity contribution in [3.63, 3.8) is 0 Å². The fraction of sp³-hybridized carbons (Fsp3) is 0.118. The summed E-state index contributed by atoms with van der Waals surface area (Å²) in [6.07, 6.45) is 3.14. The number of nitrogens with two attached hydrogens (primary N) is 1. The van der Waals surface area contributed by atoms with Gasteiger partial charge in [-0.2, -0.15) is 0 Å². The minimum Gasteiger partial charge on any atom is -0.399 e. The third kappa shape index (κ3) is 4.45. The van der Waals surface area contributed by atoms with Crippen LogP contribution in [0.1, 0.15) is 16.7 Å². The van der Waals surface area contributed by atoms with E-state index in [-0.39, 0.29) is 11.7 Å². The lowest BCUT2D eigenvalue weighted by molar-refractivity contribution is -0.116. The Morgan fingerprint density at radius 2 is 1.95 bits per heavy atom. The Labute approximate surface area is 123 Å². The predicted octanol–water partition coefficient (Wildman–Crippen LogP) is 3.05. The average Bonchev–Trinajstić information content (AvgIpc) is 2.48. The van der Waals surface area contributed by atoms with Crippen LogP contribution in [0, 0.1) is 12.7 Å². The number of carbonyl (C=O) groups excluding carboxylic acids is 1. The summed E-state index contributed by atoms with van der Waals surface area (Å²) >= 11 is 0. The molecule has 0 radical (unpaired) electrons. The lowest BCUT2D eigenvalue weighted by Crippen LogP contribution is -2.20. The highest BCUT2D eigenvalue weighted by molar-refractivity contribution is 5.91. The van der Waals surface area contributed by atoms with Crippen molar-refractivity contribution in [1.82, 2.24) is 5.32 Å². The molecule has 0 heterocycles. The number of rotatable bonds is 4. The Morgan fingerprint density at radius 1 is 1.24 bits per heavy atom. The molecule has 0 aliphatic rings. The van der Waals surface area contributed by atoms with E-state index in [1.807, 2.05) is 12.1 Å². The minimum atomic E-state index is -0.265. The Bertz CT molecular complexity index is 663. The molecule has 3 nitrogen and oxygen atoms in total. The number of benzene rings is 2. The van der Waals surface area contributed by atoms with Gasteiger partial charge in [0.15, 0.2) is 0 Å². The molecule has 0 saturated heterocycles. The largest absolute Gasteiger partial charge is 0.399 e. The van der Waals surface area contributed by atoms with Crippen molar-refractivity contribution < 1.29 is 9.18 Å². The molecule has 108 valence electrons. The van der Waals surface area contributed by atoms with E-state index >= 15 is 0 Å². The monoisotopic (exact) mass is 284 g/mol. The summed E-state index contributed by atoms with van der Waals surface area (Å²) in [5.41, 5.74) is 8.47. The second-order valence-electron chi connectivity index (χ2n) is 4.80. The number of carbonyl (C=O) groups is 1. The molecule has 0 atom stereocenters. The average molecular weight is 284 g/mol. The van der Waals surface area contributed by atoms with Gasteiger partial charge in [0.2, 0.25) is 5.91 Å². The Hall–Kier alpha value is -2.62. The first-order valence-electron chi connectivity index (χ1n) is 6.61. The number of hydrogen-bond donors (Lipinski definition) is 2. The van der Waals surface area contributed by atoms with Crippen LogP contribution < -0.4 is 11.1 Å². The van der Waals surface area contributed by atoms with E-state index < -0.39 is 0 Å². The van der Waals surface area contributed by atoms with E-state index in [1.165, 1.54) is 12.1 Å². The zero-order valence-corrected chi connectivity index (χ0v) is 11.8. The molecule has 2 aromatic carbocycles. The maximum absolute atomic E-state index is 13.4. The van der Waals surface area contributed by atoms with Gasteiger partial charge in [0.25, 0.3) is 0 Å². The number of nitrogen functional groups attached to an aromatic ring is 1. The molecule has 3 N–H and O–H groups in total. The van der Waals surface area contributed by atoms with Gasteiger partial charge < -0.3 is 11.1 Å². The molecule has 0 spiro atoms. The first-order chi connectivity index (χ1) is 10.0. The van der Waals surface area contributed by atoms with Crippen molar-refractivity contribution in [3.05, 3.63) is 71.0 Å². The van der Waals surface area contributed by atoms with Crippen LogP contribution in [-0.4, -0.2) is 5.91 Å². The second kappa shape index (κ2) is 6.70. The summed E-state index contributed by atoms with van der Waals surface area (Å²) in [4.78, 5) is 11.7. The summed E-state index contributed by atoms with van der Waals surface area (Å²) in [5.74, 6) is -0.494. The third-order valence-electron chi connectivity index (χ3n) is 3.07. The van der Waals surface area contributed by atoms with Crippen LogP contribution in [0.5, 0.6) is 0 Å². The van der Waals surface area contributed by atoms with E-state index in [1.54, 1.807) is 37.3 Å². The molecule has 0 fully saturated rings. The summed E-state index contributed by atoms with van der Waals surface area (Å²) in [6, 6.07) is 12.1. The molecule has 1 amide bonds. The Balaban J connectivity index is 1.89. The van der Waals surface area contributed by atoms with Crippen LogP contribution in [0.15, 0.2) is 48.5 Å². The van der Waals surface area contributed by atoms with Crippen molar-refractivity contribution in [1.29, 1.82) is 0 Å². The van der Waals surface area contributed by atoms with Gasteiger partial charge in [-0.25, -0.2) is 4.39 Å². The molecule has 21 heavy (non-hydrogen) atoms. The van der Waals surface area contributed by atoms with Crippen LogP contribution in [-0.2, 0) is 11.3 Å². The van der Waals surface area contributed by atoms with Crippen LogP contribution in [0.2, 0.25) is 0 Å². The molecule has 0 aliphatic heterocycles. The van der Waals surface area contributed by atoms with Crippen LogP contribution >= 0.6 is 0 Å². The van der Waals surface area contributed by atoms with Gasteiger partial charge in [0.05, 0.1) is 0 Å². The van der Waals surface area contributed by atoms with Crippen molar-refractivity contribution >= 4 is 17.7 Å². The summed E-state index contributed by atoms with van der Waals surface area (Å²) < 4.78 is 13.4. The van der Waals surface area contributed by atoms with Gasteiger partial charge in [-0.15, -0.1) is 0 Å². The zero-order chi connectivity index (χ0) is 15.2. The molecule has 0 bridgehead atoms. The van der Waals surface area contributed by atoms with Crippen molar-refractivity contribution in [2.75, 3.05) is 5.73 Å². The summed E-state index contributed by atoms with van der Waals surface area (Å²) in [7, 11) is 0. The van der Waals surface area contributed by atoms with E-state index in [0.717, 1.165) is 11.1 Å². The predicted molar refractivity (Wildman–Crippen MR) is 82.9 cm³/mol. The molecular formula is C17H17FN2O. The number of hydrogen-bond acceptors (Lipinski definition) is 2. The Morgan fingerprint density at radius 3 is 2.62 bits per heavy atom. The van der Waals surface area contributed by atoms with E-state index in [4.69, 9.17) is 5.73 Å². The standard InChI is InChI=1S/C17H17FN2O/c1-12-2-3-14(10-16(12)18)11-20-17(21)9-6-13-4-7-15(19)8-5-13/h2-10H,11,19H2,1H3,(H,20,21)/b9-6+. The van der Waals surface area contributed by atoms with Crippen molar-refractivity contribution in [3.8, 4) is 0 Å². The molecule has 2 rings (SSSR count). The molecule has 4 heteroatoms. The maximum atomic E-state index is 13.4. The molecule has 2 aromatic rings. The van der Waals surface area contributed by atoms with Gasteiger partial charge >= 0.3 is 0 Å². The number of nitrogens with one attached hydrogen (secondary N) is 1. The maximum Gasteiger partial charge on any atom is 0.244 e. The topological polar surface area (TPSA) is 55.1 Å². The van der Waals surface area contributed by atoms with Crippen molar-refractivity contribution in [2.45, 2.75) is 13.5 Å². The number of halogens is 1. The molecule has 0 aliphatic carbocycles. The highest BCUT2D eigenvalue weighted by Crippen LogP contribution is 2.09. The fourth-order valence-corrected chi connectivity index (χ4v) is 1.77. The van der Waals surface area contributed by atoms with Crippen LogP contribution in [0.3, 0.4) is 0 Å². The SMILES string of the molecule is Cc1ccc(CNC(=O)/C=C/c2ccc(N)cc2)cc1F. The van der Waals surface area contributed by atoms with Gasteiger partial charge in [0, 0.05) is 18.3 Å². The molecule has 0 aromatic heterocycles. The van der Waals surface area contributed by atoms with Crippen molar-refractivity contribution in [2.24, 2.45) is 0 Å². The van der Waals surface area contributed by atoms with Crippen LogP contribution in [0.25, 0.3) is 6.08 Å². The highest BCUT2D eigenvalue weighted by atomic mass is 19.1. The number of anilines is 1. The Kier molecular flexibility index (Phi) is 4.72. The van der Waals surface area contributed by atoms with Gasteiger partial charge in [-0.3, -0.25) is 4.79 Å².